The smallest absolute Gasteiger partial charge is 0.244 e. The zero-order chi connectivity index (χ0) is 20.3. The lowest BCUT2D eigenvalue weighted by molar-refractivity contribution is 1.15. The summed E-state index contributed by atoms with van der Waals surface area (Å²) in [6, 6.07) is 23.1. The molecule has 0 saturated carbocycles. The Kier molecular flexibility index (Phi) is 4.75. The van der Waals surface area contributed by atoms with Gasteiger partial charge in [0.2, 0.25) is 5.95 Å². The van der Waals surface area contributed by atoms with Crippen molar-refractivity contribution in [1.29, 1.82) is 0 Å². The molecule has 0 aliphatic rings. The van der Waals surface area contributed by atoms with Gasteiger partial charge in [0.05, 0.1) is 34.7 Å². The van der Waals surface area contributed by atoms with Crippen molar-refractivity contribution < 1.29 is 0 Å². The molecule has 5 rings (SSSR count). The molecule has 0 amide bonds. The van der Waals surface area contributed by atoms with Gasteiger partial charge in [0.15, 0.2) is 0 Å². The number of aromatic nitrogens is 4. The summed E-state index contributed by atoms with van der Waals surface area (Å²) in [5.74, 6) is 0.392. The van der Waals surface area contributed by atoms with Gasteiger partial charge in [-0.2, -0.15) is 5.10 Å². The van der Waals surface area contributed by atoms with Crippen LogP contribution in [0.15, 0.2) is 84.1 Å². The monoisotopic (exact) mass is 410 g/mol. The number of anilines is 1. The maximum Gasteiger partial charge on any atom is 0.244 e. The Bertz CT molecular complexity index is 1380. The fourth-order valence-electron chi connectivity index (χ4n) is 3.14. The summed E-state index contributed by atoms with van der Waals surface area (Å²) in [6.07, 6.45) is 3.27. The molecule has 0 atom stereocenters. The van der Waals surface area contributed by atoms with E-state index < -0.39 is 0 Å². The highest BCUT2D eigenvalue weighted by Gasteiger charge is 2.09. The molecule has 0 aliphatic carbocycles. The number of hydrazone groups is 1. The van der Waals surface area contributed by atoms with Crippen LogP contribution < -0.4 is 5.43 Å². The predicted octanol–water partition coefficient (Wildman–Crippen LogP) is 5.34. The fourth-order valence-corrected chi connectivity index (χ4v) is 3.27. The molecule has 0 spiro atoms. The van der Waals surface area contributed by atoms with E-state index in [9.17, 15) is 0 Å². The minimum Gasteiger partial charge on any atom is -0.252 e. The largest absolute Gasteiger partial charge is 0.252 e. The van der Waals surface area contributed by atoms with E-state index in [1.165, 1.54) is 0 Å². The Labute approximate surface area is 177 Å². The van der Waals surface area contributed by atoms with Crippen LogP contribution >= 0.6 is 11.6 Å². The Hall–Kier alpha value is -3.90. The van der Waals surface area contributed by atoms with Crippen molar-refractivity contribution in [3.8, 4) is 11.3 Å². The number of hydrogen-bond donors (Lipinski definition) is 1. The Morgan fingerprint density at radius 3 is 2.33 bits per heavy atom. The van der Waals surface area contributed by atoms with Crippen molar-refractivity contribution in [2.45, 2.75) is 0 Å². The number of nitrogens with one attached hydrogen (secondary N) is 1. The van der Waals surface area contributed by atoms with Gasteiger partial charge in [-0.05, 0) is 30.3 Å². The molecule has 0 fully saturated rings. The minimum absolute atomic E-state index is 0.392. The van der Waals surface area contributed by atoms with Crippen molar-refractivity contribution in [1.82, 2.24) is 19.9 Å². The second-order valence-corrected chi connectivity index (χ2v) is 7.01. The average molecular weight is 411 g/mol. The van der Waals surface area contributed by atoms with Gasteiger partial charge in [0.25, 0.3) is 0 Å². The van der Waals surface area contributed by atoms with E-state index in [2.05, 4.69) is 30.5 Å². The number of nitrogens with zero attached hydrogens (tertiary/aromatic N) is 5. The highest BCUT2D eigenvalue weighted by atomic mass is 35.5. The number of benzene rings is 3. The van der Waals surface area contributed by atoms with Gasteiger partial charge >= 0.3 is 0 Å². The summed E-state index contributed by atoms with van der Waals surface area (Å²) in [5, 5.41) is 5.88. The molecule has 144 valence electrons. The standard InChI is InChI=1S/C23H15ClN6/c24-16-11-9-15(10-12-16)22-18-5-1-2-6-19(18)28-23(29-22)30-26-14-17-13-25-20-7-3-4-8-21(20)27-17/h1-14H,(H,28,29,30). The quantitative estimate of drug-likeness (QED) is 0.319. The van der Waals surface area contributed by atoms with E-state index in [1.807, 2.05) is 72.8 Å². The Morgan fingerprint density at radius 2 is 1.50 bits per heavy atom. The maximum absolute atomic E-state index is 6.04. The van der Waals surface area contributed by atoms with Crippen LogP contribution in [0.5, 0.6) is 0 Å². The van der Waals surface area contributed by atoms with Gasteiger partial charge in [0, 0.05) is 16.0 Å². The van der Waals surface area contributed by atoms with E-state index in [1.54, 1.807) is 12.4 Å². The van der Waals surface area contributed by atoms with Crippen LogP contribution in [0.4, 0.5) is 5.95 Å². The second kappa shape index (κ2) is 7.85. The molecule has 2 heterocycles. The summed E-state index contributed by atoms with van der Waals surface area (Å²) >= 11 is 6.04. The molecular formula is C23H15ClN6. The molecule has 0 aliphatic heterocycles. The second-order valence-electron chi connectivity index (χ2n) is 6.57. The Balaban J connectivity index is 1.48. The van der Waals surface area contributed by atoms with E-state index in [-0.39, 0.29) is 0 Å². The summed E-state index contributed by atoms with van der Waals surface area (Å²) in [6.45, 7) is 0. The summed E-state index contributed by atoms with van der Waals surface area (Å²) in [4.78, 5) is 18.1. The van der Waals surface area contributed by atoms with Gasteiger partial charge in [0.1, 0.15) is 5.69 Å². The lowest BCUT2D eigenvalue weighted by atomic mass is 10.1. The van der Waals surface area contributed by atoms with Crippen LogP contribution in [0, 0.1) is 0 Å². The number of rotatable bonds is 4. The molecular weight excluding hydrogens is 396 g/mol. The zero-order valence-electron chi connectivity index (χ0n) is 15.7. The first-order valence-electron chi connectivity index (χ1n) is 9.30. The Morgan fingerprint density at radius 1 is 0.767 bits per heavy atom. The molecule has 0 saturated heterocycles. The normalized spacial score (nSPS) is 11.4. The third-order valence-corrected chi connectivity index (χ3v) is 4.80. The summed E-state index contributed by atoms with van der Waals surface area (Å²) < 4.78 is 0. The van der Waals surface area contributed by atoms with Crippen molar-refractivity contribution >= 4 is 45.7 Å². The van der Waals surface area contributed by atoms with Gasteiger partial charge in [-0.15, -0.1) is 0 Å². The van der Waals surface area contributed by atoms with Crippen molar-refractivity contribution in [2.24, 2.45) is 5.10 Å². The molecule has 0 unspecified atom stereocenters. The number of hydrogen-bond acceptors (Lipinski definition) is 6. The first kappa shape index (κ1) is 18.1. The molecule has 2 aromatic heterocycles. The van der Waals surface area contributed by atoms with E-state index >= 15 is 0 Å². The van der Waals surface area contributed by atoms with Gasteiger partial charge < -0.3 is 0 Å². The van der Waals surface area contributed by atoms with Crippen LogP contribution in [-0.2, 0) is 0 Å². The summed E-state index contributed by atoms with van der Waals surface area (Å²) in [5.41, 5.74) is 7.78. The van der Waals surface area contributed by atoms with Crippen LogP contribution in [-0.4, -0.2) is 26.2 Å². The van der Waals surface area contributed by atoms with Crippen molar-refractivity contribution in [3.05, 3.63) is 89.7 Å². The molecule has 0 bridgehead atoms. The molecule has 6 nitrogen and oxygen atoms in total. The first-order valence-corrected chi connectivity index (χ1v) is 9.68. The number of halogens is 1. The molecule has 7 heteroatoms. The molecule has 1 N–H and O–H groups in total. The molecule has 3 aromatic carbocycles. The topological polar surface area (TPSA) is 76.0 Å². The SMILES string of the molecule is Clc1ccc(-c2nc(NN=Cc3cnc4ccccc4n3)nc3ccccc23)cc1. The van der Waals surface area contributed by atoms with E-state index in [4.69, 9.17) is 11.6 Å². The number of para-hydroxylation sites is 3. The number of fused-ring (bicyclic) bond motifs is 2. The van der Waals surface area contributed by atoms with Crippen LogP contribution in [0.3, 0.4) is 0 Å². The molecule has 30 heavy (non-hydrogen) atoms. The third kappa shape index (κ3) is 3.68. The van der Waals surface area contributed by atoms with E-state index in [0.717, 1.165) is 33.2 Å². The predicted molar refractivity (Wildman–Crippen MR) is 121 cm³/mol. The highest BCUT2D eigenvalue weighted by Crippen LogP contribution is 2.28. The van der Waals surface area contributed by atoms with Gasteiger partial charge in [-0.1, -0.05) is 54.1 Å². The lowest BCUT2D eigenvalue weighted by Crippen LogP contribution is -2.00. The van der Waals surface area contributed by atoms with Gasteiger partial charge in [-0.25, -0.2) is 20.4 Å². The van der Waals surface area contributed by atoms with Gasteiger partial charge in [-0.3, -0.25) is 4.98 Å². The van der Waals surface area contributed by atoms with E-state index in [0.29, 0.717) is 16.7 Å². The lowest BCUT2D eigenvalue weighted by Gasteiger charge is -2.08. The molecule has 5 aromatic rings. The average Bonchev–Trinajstić information content (AvgIpc) is 2.79. The third-order valence-electron chi connectivity index (χ3n) is 4.55. The minimum atomic E-state index is 0.392. The maximum atomic E-state index is 6.04. The summed E-state index contributed by atoms with van der Waals surface area (Å²) in [7, 11) is 0. The van der Waals surface area contributed by atoms with Crippen molar-refractivity contribution in [2.75, 3.05) is 5.43 Å². The zero-order valence-corrected chi connectivity index (χ0v) is 16.5. The molecule has 0 radical (unpaired) electrons. The van der Waals surface area contributed by atoms with Crippen LogP contribution in [0.1, 0.15) is 5.69 Å². The van der Waals surface area contributed by atoms with Crippen LogP contribution in [0.2, 0.25) is 5.02 Å². The fraction of sp³-hybridized carbons (Fsp3) is 0. The van der Waals surface area contributed by atoms with Crippen LogP contribution in [0.25, 0.3) is 33.2 Å². The first-order chi connectivity index (χ1) is 14.8. The highest BCUT2D eigenvalue weighted by molar-refractivity contribution is 6.30. The van der Waals surface area contributed by atoms with Crippen molar-refractivity contribution in [3.63, 3.8) is 0 Å².